The zero-order chi connectivity index (χ0) is 13.5. The van der Waals surface area contributed by atoms with Crippen molar-refractivity contribution >= 4 is 11.8 Å². The maximum atomic E-state index is 11.6. The molecule has 5 heteroatoms. The van der Waals surface area contributed by atoms with Crippen LogP contribution in [0.4, 0.5) is 0 Å². The van der Waals surface area contributed by atoms with Gasteiger partial charge in [-0.25, -0.2) is 0 Å². The Morgan fingerprint density at radius 2 is 1.89 bits per heavy atom. The molecule has 104 valence electrons. The molecule has 5 nitrogen and oxygen atoms in total. The molecule has 0 aromatic rings. The van der Waals surface area contributed by atoms with E-state index in [1.165, 1.54) is 0 Å². The van der Waals surface area contributed by atoms with Crippen LogP contribution in [-0.2, 0) is 9.59 Å². The number of hydrogen-bond acceptors (Lipinski definition) is 3. The highest BCUT2D eigenvalue weighted by molar-refractivity contribution is 5.83. The summed E-state index contributed by atoms with van der Waals surface area (Å²) >= 11 is 0. The predicted octanol–water partition coefficient (Wildman–Crippen LogP) is 0.405. The molecule has 18 heavy (non-hydrogen) atoms. The molecule has 0 aromatic carbocycles. The molecule has 0 radical (unpaired) electrons. The number of hydrogen-bond donors (Lipinski definition) is 3. The minimum absolute atomic E-state index is 0.0209. The number of rotatable bonds is 8. The molecule has 1 rings (SSSR count). The lowest BCUT2D eigenvalue weighted by Gasteiger charge is -2.14. The van der Waals surface area contributed by atoms with Crippen LogP contribution in [-0.4, -0.2) is 37.0 Å². The Morgan fingerprint density at radius 1 is 1.22 bits per heavy atom. The van der Waals surface area contributed by atoms with Gasteiger partial charge in [0, 0.05) is 12.6 Å². The standard InChI is InChI=1S/C13H25N3O2/c1-9(2)6-7-14-12(17)8-15-10(3)13(18)16-11-4-5-11/h9-11,15H,4-8H2,1-3H3,(H,14,17)(H,16,18). The number of carbonyl (C=O) groups excluding carboxylic acids is 2. The van der Waals surface area contributed by atoms with Crippen LogP contribution in [0.3, 0.4) is 0 Å². The molecule has 1 unspecified atom stereocenters. The van der Waals surface area contributed by atoms with Crippen LogP contribution in [0, 0.1) is 5.92 Å². The smallest absolute Gasteiger partial charge is 0.237 e. The van der Waals surface area contributed by atoms with Gasteiger partial charge in [-0.1, -0.05) is 13.8 Å². The van der Waals surface area contributed by atoms with Gasteiger partial charge in [0.15, 0.2) is 0 Å². The average molecular weight is 255 g/mol. The van der Waals surface area contributed by atoms with Crippen molar-refractivity contribution in [2.45, 2.75) is 52.1 Å². The van der Waals surface area contributed by atoms with E-state index < -0.39 is 0 Å². The molecule has 0 aliphatic heterocycles. The molecule has 2 amide bonds. The third kappa shape index (κ3) is 6.59. The van der Waals surface area contributed by atoms with E-state index in [0.29, 0.717) is 18.5 Å². The second-order valence-corrected chi connectivity index (χ2v) is 5.42. The summed E-state index contributed by atoms with van der Waals surface area (Å²) in [6, 6.07) is 0.0445. The summed E-state index contributed by atoms with van der Waals surface area (Å²) in [5, 5.41) is 8.66. The molecule has 0 bridgehead atoms. The molecule has 0 spiro atoms. The van der Waals surface area contributed by atoms with Gasteiger partial charge in [-0.15, -0.1) is 0 Å². The lowest BCUT2D eigenvalue weighted by Crippen LogP contribution is -2.46. The van der Waals surface area contributed by atoms with E-state index in [4.69, 9.17) is 0 Å². The maximum absolute atomic E-state index is 11.6. The Kier molecular flexibility index (Phi) is 6.12. The van der Waals surface area contributed by atoms with Crippen molar-refractivity contribution in [1.82, 2.24) is 16.0 Å². The summed E-state index contributed by atoms with van der Waals surface area (Å²) in [5.74, 6) is 0.510. The van der Waals surface area contributed by atoms with E-state index >= 15 is 0 Å². The van der Waals surface area contributed by atoms with Crippen LogP contribution in [0.2, 0.25) is 0 Å². The van der Waals surface area contributed by atoms with Crippen molar-refractivity contribution in [2.24, 2.45) is 5.92 Å². The van der Waals surface area contributed by atoms with Crippen molar-refractivity contribution < 1.29 is 9.59 Å². The lowest BCUT2D eigenvalue weighted by molar-refractivity contribution is -0.123. The van der Waals surface area contributed by atoms with Crippen LogP contribution in [0.15, 0.2) is 0 Å². The topological polar surface area (TPSA) is 70.2 Å². The highest BCUT2D eigenvalue weighted by Gasteiger charge is 2.25. The van der Waals surface area contributed by atoms with Gasteiger partial charge < -0.3 is 10.6 Å². The molecule has 1 saturated carbocycles. The minimum Gasteiger partial charge on any atom is -0.355 e. The van der Waals surface area contributed by atoms with Gasteiger partial charge >= 0.3 is 0 Å². The first kappa shape index (κ1) is 15.0. The highest BCUT2D eigenvalue weighted by Crippen LogP contribution is 2.18. The van der Waals surface area contributed by atoms with Crippen molar-refractivity contribution in [2.75, 3.05) is 13.1 Å². The molecule has 3 N–H and O–H groups in total. The quantitative estimate of drug-likeness (QED) is 0.588. The van der Waals surface area contributed by atoms with E-state index in [-0.39, 0.29) is 24.4 Å². The minimum atomic E-state index is -0.318. The number of amides is 2. The second kappa shape index (κ2) is 7.36. The fourth-order valence-electron chi connectivity index (χ4n) is 1.46. The van der Waals surface area contributed by atoms with E-state index in [9.17, 15) is 9.59 Å². The monoisotopic (exact) mass is 255 g/mol. The molecule has 1 aliphatic rings. The zero-order valence-electron chi connectivity index (χ0n) is 11.6. The van der Waals surface area contributed by atoms with Crippen LogP contribution in [0.25, 0.3) is 0 Å². The molecule has 0 saturated heterocycles. The molecule has 1 atom stereocenters. The second-order valence-electron chi connectivity index (χ2n) is 5.42. The van der Waals surface area contributed by atoms with Crippen molar-refractivity contribution in [1.29, 1.82) is 0 Å². The van der Waals surface area contributed by atoms with Crippen molar-refractivity contribution in [3.63, 3.8) is 0 Å². The van der Waals surface area contributed by atoms with Crippen molar-refractivity contribution in [3.8, 4) is 0 Å². The zero-order valence-corrected chi connectivity index (χ0v) is 11.6. The maximum Gasteiger partial charge on any atom is 0.237 e. The van der Waals surface area contributed by atoms with Gasteiger partial charge in [-0.05, 0) is 32.1 Å². The van der Waals surface area contributed by atoms with Crippen LogP contribution in [0.1, 0.15) is 40.0 Å². The van der Waals surface area contributed by atoms with Crippen molar-refractivity contribution in [3.05, 3.63) is 0 Å². The Labute approximate surface area is 109 Å². The highest BCUT2D eigenvalue weighted by atomic mass is 16.2. The Hall–Kier alpha value is -1.10. The Morgan fingerprint density at radius 3 is 2.44 bits per heavy atom. The Bertz CT molecular complexity index is 288. The predicted molar refractivity (Wildman–Crippen MR) is 71.1 cm³/mol. The van der Waals surface area contributed by atoms with E-state index in [1.54, 1.807) is 6.92 Å². The molecule has 0 heterocycles. The first-order chi connectivity index (χ1) is 8.49. The van der Waals surface area contributed by atoms with E-state index in [1.807, 2.05) is 0 Å². The summed E-state index contributed by atoms with van der Waals surface area (Å²) in [4.78, 5) is 23.1. The molecular formula is C13H25N3O2. The summed E-state index contributed by atoms with van der Waals surface area (Å²) in [7, 11) is 0. The first-order valence-electron chi connectivity index (χ1n) is 6.79. The summed E-state index contributed by atoms with van der Waals surface area (Å²) in [5.41, 5.74) is 0. The third-order valence-electron chi connectivity index (χ3n) is 2.93. The van der Waals surface area contributed by atoms with Crippen LogP contribution in [0.5, 0.6) is 0 Å². The van der Waals surface area contributed by atoms with Gasteiger partial charge in [0.1, 0.15) is 0 Å². The summed E-state index contributed by atoms with van der Waals surface area (Å²) < 4.78 is 0. The van der Waals surface area contributed by atoms with E-state index in [0.717, 1.165) is 19.3 Å². The van der Waals surface area contributed by atoms with Gasteiger partial charge in [0.05, 0.1) is 12.6 Å². The Balaban J connectivity index is 2.06. The van der Waals surface area contributed by atoms with Gasteiger partial charge in [0.2, 0.25) is 11.8 Å². The molecular weight excluding hydrogens is 230 g/mol. The largest absolute Gasteiger partial charge is 0.355 e. The number of nitrogens with one attached hydrogen (secondary N) is 3. The van der Waals surface area contributed by atoms with Crippen LogP contribution < -0.4 is 16.0 Å². The molecule has 1 aliphatic carbocycles. The van der Waals surface area contributed by atoms with Gasteiger partial charge in [-0.2, -0.15) is 0 Å². The number of carbonyl (C=O) groups is 2. The normalized spacial score (nSPS) is 16.4. The fourth-order valence-corrected chi connectivity index (χ4v) is 1.46. The van der Waals surface area contributed by atoms with Gasteiger partial charge in [0.25, 0.3) is 0 Å². The lowest BCUT2D eigenvalue weighted by atomic mass is 10.1. The summed E-state index contributed by atoms with van der Waals surface area (Å²) in [6.45, 7) is 6.90. The average Bonchev–Trinajstić information content (AvgIpc) is 3.09. The fraction of sp³-hybridized carbons (Fsp3) is 0.846. The summed E-state index contributed by atoms with van der Waals surface area (Å²) in [6.07, 6.45) is 3.13. The molecule has 0 aromatic heterocycles. The first-order valence-corrected chi connectivity index (χ1v) is 6.79. The van der Waals surface area contributed by atoms with Gasteiger partial charge in [-0.3, -0.25) is 14.9 Å². The molecule has 1 fully saturated rings. The van der Waals surface area contributed by atoms with E-state index in [2.05, 4.69) is 29.8 Å². The third-order valence-corrected chi connectivity index (χ3v) is 2.93. The SMILES string of the molecule is CC(C)CCNC(=O)CNC(C)C(=O)NC1CC1. The van der Waals surface area contributed by atoms with Crippen LogP contribution >= 0.6 is 0 Å².